The van der Waals surface area contributed by atoms with Crippen molar-refractivity contribution >= 4 is 55.1 Å². The summed E-state index contributed by atoms with van der Waals surface area (Å²) in [4.78, 5) is 35.8. The quantitative estimate of drug-likeness (QED) is 0.0607. The number of benzene rings is 4. The molecule has 6 aromatic rings. The SMILES string of the molecule is COc1nc(=Nc2ccccc2)[nH]c(=Nc2ccc(/C=C/c3ccc(N=c4[nH]c(OC)nc(=Nc5ccccc5)[nH]4)cc3S(=O)(=O)[O-])c(S(=O)(=O)[O-])c2)[nH]1.[K+].[K+]. The van der Waals surface area contributed by atoms with Crippen molar-refractivity contribution in [3.05, 3.63) is 131 Å². The topological polar surface area (TPSA) is 271 Å². The largest absolute Gasteiger partial charge is 1.00 e. The Morgan fingerprint density at radius 3 is 1.25 bits per heavy atom. The van der Waals surface area contributed by atoms with Crippen molar-refractivity contribution < 1.29 is 138 Å². The van der Waals surface area contributed by atoms with Gasteiger partial charge in [0.15, 0.2) is 0 Å². The molecule has 6 rings (SSSR count). The van der Waals surface area contributed by atoms with Crippen molar-refractivity contribution in [1.82, 2.24) is 29.9 Å². The maximum Gasteiger partial charge on any atom is 1.00 e. The zero-order valence-corrected chi connectivity index (χ0v) is 38.0. The van der Waals surface area contributed by atoms with E-state index >= 15 is 0 Å². The molecular formula is C34H28K2N10O8S2. The second-order valence-electron chi connectivity index (χ2n) is 10.9. The first kappa shape index (κ1) is 45.2. The number of nitrogens with zero attached hydrogens (tertiary/aromatic N) is 6. The van der Waals surface area contributed by atoms with Gasteiger partial charge in [-0.2, -0.15) is 9.97 Å². The van der Waals surface area contributed by atoms with Gasteiger partial charge in [-0.05, 0) is 59.7 Å². The zero-order chi connectivity index (χ0) is 38.3. The van der Waals surface area contributed by atoms with E-state index in [-0.39, 0.29) is 160 Å². The van der Waals surface area contributed by atoms with E-state index in [0.29, 0.717) is 11.4 Å². The third kappa shape index (κ3) is 12.5. The van der Waals surface area contributed by atoms with E-state index in [1.165, 1.54) is 50.6 Å². The molecule has 4 aromatic carbocycles. The van der Waals surface area contributed by atoms with Crippen molar-refractivity contribution in [2.75, 3.05) is 14.2 Å². The van der Waals surface area contributed by atoms with Crippen LogP contribution in [0.5, 0.6) is 12.0 Å². The van der Waals surface area contributed by atoms with Crippen LogP contribution in [0.15, 0.2) is 127 Å². The molecule has 56 heavy (non-hydrogen) atoms. The molecule has 0 amide bonds. The summed E-state index contributed by atoms with van der Waals surface area (Å²) in [6.45, 7) is 0. The number of H-pyrrole nitrogens is 4. The fraction of sp³-hybridized carbons (Fsp3) is 0.0588. The minimum atomic E-state index is -5.09. The van der Waals surface area contributed by atoms with Crippen molar-refractivity contribution in [3.8, 4) is 12.0 Å². The second kappa shape index (κ2) is 20.3. The number of hydrogen-bond donors (Lipinski definition) is 4. The first-order chi connectivity index (χ1) is 25.9. The molecule has 0 aliphatic carbocycles. The molecule has 4 N–H and O–H groups in total. The predicted octanol–water partition coefficient (Wildman–Crippen LogP) is -3.28. The van der Waals surface area contributed by atoms with E-state index in [9.17, 15) is 25.9 Å². The average molecular weight is 847 g/mol. The second-order valence-corrected chi connectivity index (χ2v) is 13.6. The third-order valence-electron chi connectivity index (χ3n) is 7.15. The van der Waals surface area contributed by atoms with Gasteiger partial charge in [0.05, 0.1) is 46.8 Å². The van der Waals surface area contributed by atoms with Gasteiger partial charge in [0.25, 0.3) is 12.0 Å². The Morgan fingerprint density at radius 1 is 0.536 bits per heavy atom. The van der Waals surface area contributed by atoms with Gasteiger partial charge in [0, 0.05) is 0 Å². The number of rotatable bonds is 10. The Kier molecular flexibility index (Phi) is 16.4. The maximum atomic E-state index is 12.4. The predicted molar refractivity (Wildman–Crippen MR) is 190 cm³/mol. The van der Waals surface area contributed by atoms with E-state index in [2.05, 4.69) is 49.9 Å². The van der Waals surface area contributed by atoms with Crippen molar-refractivity contribution in [3.63, 3.8) is 0 Å². The Hall–Kier alpha value is -3.47. The van der Waals surface area contributed by atoms with Gasteiger partial charge >= 0.3 is 103 Å². The van der Waals surface area contributed by atoms with Gasteiger partial charge < -0.3 is 18.6 Å². The third-order valence-corrected chi connectivity index (χ3v) is 8.94. The molecule has 22 heteroatoms. The molecule has 18 nitrogen and oxygen atoms in total. The Bertz CT molecular complexity index is 2680. The molecular weight excluding hydrogens is 819 g/mol. The van der Waals surface area contributed by atoms with Crippen LogP contribution in [0.2, 0.25) is 0 Å². The van der Waals surface area contributed by atoms with Crippen LogP contribution < -0.4 is 135 Å². The van der Waals surface area contributed by atoms with Crippen molar-refractivity contribution in [1.29, 1.82) is 0 Å². The molecule has 0 unspecified atom stereocenters. The number of para-hydroxylation sites is 2. The summed E-state index contributed by atoms with van der Waals surface area (Å²) in [5.74, 6) is 0. The summed E-state index contributed by atoms with van der Waals surface area (Å²) in [7, 11) is -7.42. The molecule has 2 heterocycles. The molecule has 0 aliphatic heterocycles. The summed E-state index contributed by atoms with van der Waals surface area (Å²) in [6, 6.07) is 25.4. The molecule has 0 fully saturated rings. The number of methoxy groups -OCH3 is 2. The molecule has 0 spiro atoms. The molecule has 0 saturated heterocycles. The van der Waals surface area contributed by atoms with Crippen LogP contribution in [0.1, 0.15) is 11.1 Å². The number of aromatic nitrogens is 6. The first-order valence-corrected chi connectivity index (χ1v) is 18.3. The van der Waals surface area contributed by atoms with Gasteiger partial charge in [-0.25, -0.2) is 36.8 Å². The molecule has 0 bridgehead atoms. The van der Waals surface area contributed by atoms with Gasteiger partial charge in [-0.15, -0.1) is 0 Å². The number of ether oxygens (including phenoxy) is 2. The van der Waals surface area contributed by atoms with Crippen LogP contribution in [0.25, 0.3) is 12.2 Å². The summed E-state index contributed by atoms with van der Waals surface area (Å²) < 4.78 is 84.6. The van der Waals surface area contributed by atoms with Gasteiger partial charge in [-0.3, -0.25) is 19.9 Å². The van der Waals surface area contributed by atoms with Gasteiger partial charge in [-0.1, -0.05) is 60.7 Å². The van der Waals surface area contributed by atoms with Crippen LogP contribution in [-0.4, -0.2) is 70.1 Å². The van der Waals surface area contributed by atoms with E-state index in [1.807, 2.05) is 12.1 Å². The fourth-order valence-corrected chi connectivity index (χ4v) is 6.15. The average Bonchev–Trinajstić information content (AvgIpc) is 3.14. The van der Waals surface area contributed by atoms with Gasteiger partial charge in [0.1, 0.15) is 20.2 Å². The van der Waals surface area contributed by atoms with Crippen LogP contribution in [-0.2, 0) is 20.2 Å². The molecule has 0 atom stereocenters. The molecule has 0 aliphatic rings. The minimum absolute atomic E-state index is 0. The van der Waals surface area contributed by atoms with E-state index in [0.717, 1.165) is 12.1 Å². The number of hydrogen-bond acceptors (Lipinski definition) is 14. The summed E-state index contributed by atoms with van der Waals surface area (Å²) in [5, 5.41) is 0. The Balaban J connectivity index is 0.00000348. The van der Waals surface area contributed by atoms with Crippen LogP contribution >= 0.6 is 0 Å². The number of aromatic amines is 4. The monoisotopic (exact) mass is 846 g/mol. The number of nitrogens with one attached hydrogen (secondary N) is 4. The standard InChI is InChI=1S/C34H30N10O8S2.2K/c1-51-33-41-29(35-23-9-5-3-6-10-23)39-31(43-33)37-25-17-15-21(27(19-25)53(45,46)47)13-14-22-16-18-26(20-28(22)54(48,49)50)38-32-40-30(42-34(44-32)52-2)36-24-11-7-4-8-12-24;;/h3-20H,1-2H3,(H,45,46,47)(H,48,49,50)(H2,35,37,39,41,43)(H2,36,38,40,42,44);;/q;2*+1/p-2/b14-13+;;. The van der Waals surface area contributed by atoms with E-state index in [1.54, 1.807) is 48.5 Å². The fourth-order valence-electron chi connectivity index (χ4n) is 4.77. The molecule has 0 saturated carbocycles. The summed E-state index contributed by atoms with van der Waals surface area (Å²) in [6.07, 6.45) is 2.37. The van der Waals surface area contributed by atoms with E-state index < -0.39 is 30.0 Å². The minimum Gasteiger partial charge on any atom is -0.744 e. The molecule has 2 aromatic heterocycles. The van der Waals surface area contributed by atoms with E-state index in [4.69, 9.17) is 9.47 Å². The van der Waals surface area contributed by atoms with Crippen molar-refractivity contribution in [2.45, 2.75) is 9.79 Å². The zero-order valence-electron chi connectivity index (χ0n) is 30.2. The smallest absolute Gasteiger partial charge is 0.744 e. The van der Waals surface area contributed by atoms with Crippen LogP contribution in [0.4, 0.5) is 22.7 Å². The van der Waals surface area contributed by atoms with Crippen molar-refractivity contribution in [2.24, 2.45) is 20.0 Å². The maximum absolute atomic E-state index is 12.4. The molecule has 0 radical (unpaired) electrons. The van der Waals surface area contributed by atoms with Gasteiger partial charge in [0.2, 0.25) is 22.5 Å². The normalized spacial score (nSPS) is 13.0. The first-order valence-electron chi connectivity index (χ1n) is 15.5. The Morgan fingerprint density at radius 2 is 0.911 bits per heavy atom. The molecule has 276 valence electrons. The summed E-state index contributed by atoms with van der Waals surface area (Å²) >= 11 is 0. The van der Waals surface area contributed by atoms with Crippen LogP contribution in [0, 0.1) is 0 Å². The summed E-state index contributed by atoms with van der Waals surface area (Å²) in [5.41, 5.74) is 1.42. The Labute approximate surface area is 404 Å². The van der Waals surface area contributed by atoms with Crippen LogP contribution in [0.3, 0.4) is 0 Å².